The molecule has 0 saturated heterocycles. The molecule has 4 heteroatoms. The van der Waals surface area contributed by atoms with Gasteiger partial charge in [0.2, 0.25) is 0 Å². The second-order valence-corrected chi connectivity index (χ2v) is 7.12. The molecule has 0 bridgehead atoms. The van der Waals surface area contributed by atoms with Gasteiger partial charge < -0.3 is 9.73 Å². The summed E-state index contributed by atoms with van der Waals surface area (Å²) in [5.74, 6) is 1.94. The third kappa shape index (κ3) is 5.23. The Balaban J connectivity index is 0.00000208. The van der Waals surface area contributed by atoms with Gasteiger partial charge in [0.15, 0.2) is 0 Å². The van der Waals surface area contributed by atoms with Crippen LogP contribution in [0.3, 0.4) is 0 Å². The van der Waals surface area contributed by atoms with E-state index in [0.29, 0.717) is 0 Å². The van der Waals surface area contributed by atoms with Gasteiger partial charge in [-0.1, -0.05) is 33.6 Å². The van der Waals surface area contributed by atoms with Crippen LogP contribution in [0.1, 0.15) is 43.4 Å². The second kappa shape index (κ2) is 9.45. The standard InChI is InChI=1S/C20H24BrNO.ClH/c1-15-13-17(7-9-19(15)21)20-10-8-18(23-20)14-22-12-11-16-5-3-2-4-6-16;/h5,7-10,13,22H,2-4,6,11-12,14H2,1H3;1H. The molecule has 3 rings (SSSR count). The number of furan rings is 1. The summed E-state index contributed by atoms with van der Waals surface area (Å²) in [6.07, 6.45) is 8.87. The fourth-order valence-corrected chi connectivity index (χ4v) is 3.26. The van der Waals surface area contributed by atoms with Crippen molar-refractivity contribution >= 4 is 28.3 Å². The molecule has 0 spiro atoms. The normalized spacial score (nSPS) is 14.2. The van der Waals surface area contributed by atoms with E-state index in [0.717, 1.165) is 34.6 Å². The van der Waals surface area contributed by atoms with Crippen LogP contribution in [0.2, 0.25) is 0 Å². The molecule has 0 fully saturated rings. The van der Waals surface area contributed by atoms with Gasteiger partial charge in [-0.15, -0.1) is 12.4 Å². The highest BCUT2D eigenvalue weighted by Crippen LogP contribution is 2.26. The average molecular weight is 411 g/mol. The van der Waals surface area contributed by atoms with E-state index in [9.17, 15) is 0 Å². The van der Waals surface area contributed by atoms with Crippen LogP contribution in [0, 0.1) is 6.92 Å². The number of hydrogen-bond acceptors (Lipinski definition) is 2. The van der Waals surface area contributed by atoms with Gasteiger partial charge in [-0.3, -0.25) is 0 Å². The lowest BCUT2D eigenvalue weighted by molar-refractivity contribution is 0.493. The van der Waals surface area contributed by atoms with Gasteiger partial charge in [-0.25, -0.2) is 0 Å². The predicted molar refractivity (Wildman–Crippen MR) is 107 cm³/mol. The molecule has 0 saturated carbocycles. The quantitative estimate of drug-likeness (QED) is 0.439. The van der Waals surface area contributed by atoms with Crippen LogP contribution in [0.15, 0.2) is 50.9 Å². The minimum absolute atomic E-state index is 0. The second-order valence-electron chi connectivity index (χ2n) is 6.26. The number of nitrogens with one attached hydrogen (secondary N) is 1. The fraction of sp³-hybridized carbons (Fsp3) is 0.400. The molecule has 0 unspecified atom stereocenters. The largest absolute Gasteiger partial charge is 0.460 e. The van der Waals surface area contributed by atoms with Crippen molar-refractivity contribution in [2.75, 3.05) is 6.54 Å². The van der Waals surface area contributed by atoms with Crippen molar-refractivity contribution in [1.82, 2.24) is 5.32 Å². The first-order chi connectivity index (χ1) is 11.2. The lowest BCUT2D eigenvalue weighted by Gasteiger charge is -2.12. The van der Waals surface area contributed by atoms with Crippen LogP contribution in [0.5, 0.6) is 0 Å². The zero-order chi connectivity index (χ0) is 16.1. The van der Waals surface area contributed by atoms with E-state index in [4.69, 9.17) is 4.42 Å². The number of rotatable bonds is 6. The van der Waals surface area contributed by atoms with Gasteiger partial charge in [0.1, 0.15) is 11.5 Å². The number of hydrogen-bond donors (Lipinski definition) is 1. The Kier molecular flexibility index (Phi) is 7.60. The minimum atomic E-state index is 0. The molecule has 1 aliphatic rings. The zero-order valence-electron chi connectivity index (χ0n) is 14.1. The lowest BCUT2D eigenvalue weighted by atomic mass is 9.97. The highest BCUT2D eigenvalue weighted by atomic mass is 79.9. The SMILES string of the molecule is Cc1cc(-c2ccc(CNCCC3=CCCCC3)o2)ccc1Br.Cl. The average Bonchev–Trinajstić information content (AvgIpc) is 3.04. The summed E-state index contributed by atoms with van der Waals surface area (Å²) in [4.78, 5) is 0. The van der Waals surface area contributed by atoms with E-state index in [1.807, 2.05) is 0 Å². The highest BCUT2D eigenvalue weighted by Gasteiger charge is 2.07. The molecule has 1 heterocycles. The maximum absolute atomic E-state index is 5.96. The maximum atomic E-state index is 5.96. The molecule has 1 aliphatic carbocycles. The van der Waals surface area contributed by atoms with E-state index in [2.05, 4.69) is 64.6 Å². The molecule has 130 valence electrons. The topological polar surface area (TPSA) is 25.2 Å². The van der Waals surface area contributed by atoms with Crippen molar-refractivity contribution in [2.24, 2.45) is 0 Å². The monoisotopic (exact) mass is 409 g/mol. The summed E-state index contributed by atoms with van der Waals surface area (Å²) in [7, 11) is 0. The summed E-state index contributed by atoms with van der Waals surface area (Å²) in [6.45, 7) is 3.92. The van der Waals surface area contributed by atoms with E-state index in [1.54, 1.807) is 5.57 Å². The predicted octanol–water partition coefficient (Wildman–Crippen LogP) is 6.42. The van der Waals surface area contributed by atoms with Crippen molar-refractivity contribution < 1.29 is 4.42 Å². The van der Waals surface area contributed by atoms with E-state index in [-0.39, 0.29) is 12.4 Å². The van der Waals surface area contributed by atoms with Crippen LogP contribution >= 0.6 is 28.3 Å². The molecule has 1 aromatic heterocycles. The van der Waals surface area contributed by atoms with Crippen molar-refractivity contribution in [1.29, 1.82) is 0 Å². The third-order valence-electron chi connectivity index (χ3n) is 4.41. The van der Waals surface area contributed by atoms with Crippen molar-refractivity contribution in [3.05, 3.63) is 57.8 Å². The lowest BCUT2D eigenvalue weighted by Crippen LogP contribution is -2.15. The van der Waals surface area contributed by atoms with E-state index < -0.39 is 0 Å². The molecule has 24 heavy (non-hydrogen) atoms. The Hall–Kier alpha value is -1.03. The van der Waals surface area contributed by atoms with Crippen LogP contribution in [0.25, 0.3) is 11.3 Å². The highest BCUT2D eigenvalue weighted by molar-refractivity contribution is 9.10. The first-order valence-electron chi connectivity index (χ1n) is 8.46. The number of halogens is 2. The summed E-state index contributed by atoms with van der Waals surface area (Å²) in [5.41, 5.74) is 3.97. The Morgan fingerprint density at radius 1 is 1.17 bits per heavy atom. The van der Waals surface area contributed by atoms with Gasteiger partial charge in [-0.05, 0) is 75.4 Å². The molecular formula is C20H25BrClNO. The first kappa shape index (κ1) is 19.3. The minimum Gasteiger partial charge on any atom is -0.460 e. The molecule has 1 N–H and O–H groups in total. The van der Waals surface area contributed by atoms with E-state index in [1.165, 1.54) is 37.7 Å². The summed E-state index contributed by atoms with van der Waals surface area (Å²) in [6, 6.07) is 10.4. The van der Waals surface area contributed by atoms with Crippen molar-refractivity contribution in [2.45, 2.75) is 45.6 Å². The smallest absolute Gasteiger partial charge is 0.134 e. The van der Waals surface area contributed by atoms with Gasteiger partial charge in [0.05, 0.1) is 6.54 Å². The Morgan fingerprint density at radius 2 is 2.04 bits per heavy atom. The molecule has 0 amide bonds. The molecular weight excluding hydrogens is 386 g/mol. The molecule has 0 aliphatic heterocycles. The van der Waals surface area contributed by atoms with Crippen molar-refractivity contribution in [3.8, 4) is 11.3 Å². The third-order valence-corrected chi connectivity index (χ3v) is 5.30. The van der Waals surface area contributed by atoms with Crippen LogP contribution in [0.4, 0.5) is 0 Å². The van der Waals surface area contributed by atoms with Crippen LogP contribution < -0.4 is 5.32 Å². The summed E-state index contributed by atoms with van der Waals surface area (Å²) in [5, 5.41) is 3.49. The van der Waals surface area contributed by atoms with Gasteiger partial charge in [0, 0.05) is 10.0 Å². The van der Waals surface area contributed by atoms with Gasteiger partial charge in [0.25, 0.3) is 0 Å². The fourth-order valence-electron chi connectivity index (χ4n) is 3.02. The van der Waals surface area contributed by atoms with Gasteiger partial charge in [-0.2, -0.15) is 0 Å². The summed E-state index contributed by atoms with van der Waals surface area (Å²) < 4.78 is 7.10. The Bertz CT molecular complexity index is 693. The molecule has 1 aromatic carbocycles. The molecule has 2 nitrogen and oxygen atoms in total. The molecule has 2 aromatic rings. The first-order valence-corrected chi connectivity index (χ1v) is 9.25. The van der Waals surface area contributed by atoms with E-state index >= 15 is 0 Å². The van der Waals surface area contributed by atoms with Crippen LogP contribution in [-0.2, 0) is 6.54 Å². The number of benzene rings is 1. The number of aryl methyl sites for hydroxylation is 1. The van der Waals surface area contributed by atoms with Crippen molar-refractivity contribution in [3.63, 3.8) is 0 Å². The molecule has 0 atom stereocenters. The number of allylic oxidation sites excluding steroid dienone is 1. The zero-order valence-corrected chi connectivity index (χ0v) is 16.5. The summed E-state index contributed by atoms with van der Waals surface area (Å²) >= 11 is 3.54. The van der Waals surface area contributed by atoms with Crippen LogP contribution in [-0.4, -0.2) is 6.54 Å². The maximum Gasteiger partial charge on any atom is 0.134 e. The Morgan fingerprint density at radius 3 is 2.79 bits per heavy atom. The Labute approximate surface area is 159 Å². The molecule has 0 radical (unpaired) electrons. The van der Waals surface area contributed by atoms with Gasteiger partial charge >= 0.3 is 0 Å².